The largest absolute Gasteiger partial charge is 0.382 e. The van der Waals surface area contributed by atoms with Gasteiger partial charge in [0.2, 0.25) is 5.91 Å². The van der Waals surface area contributed by atoms with Crippen LogP contribution in [0.4, 0.5) is 11.4 Å². The first-order valence-electron chi connectivity index (χ1n) is 7.94. The molecule has 0 aromatic heterocycles. The van der Waals surface area contributed by atoms with Crippen molar-refractivity contribution in [3.63, 3.8) is 0 Å². The third kappa shape index (κ3) is 4.74. The van der Waals surface area contributed by atoms with E-state index in [9.17, 15) is 4.79 Å². The van der Waals surface area contributed by atoms with Gasteiger partial charge in [0.25, 0.3) is 0 Å². The maximum atomic E-state index is 11.5. The molecule has 4 nitrogen and oxygen atoms in total. The van der Waals surface area contributed by atoms with E-state index in [4.69, 9.17) is 0 Å². The van der Waals surface area contributed by atoms with Gasteiger partial charge in [0.05, 0.1) is 0 Å². The Morgan fingerprint density at radius 2 is 2.14 bits per heavy atom. The average molecular weight is 289 g/mol. The first-order chi connectivity index (χ1) is 10.1. The number of carbonyl (C=O) groups is 1. The van der Waals surface area contributed by atoms with Crippen molar-refractivity contribution in [1.29, 1.82) is 0 Å². The van der Waals surface area contributed by atoms with Crippen LogP contribution >= 0.6 is 0 Å². The van der Waals surface area contributed by atoms with Crippen LogP contribution in [0.1, 0.15) is 38.2 Å². The Balaban J connectivity index is 2.04. The van der Waals surface area contributed by atoms with Crippen LogP contribution in [-0.4, -0.2) is 37.0 Å². The number of aryl methyl sites for hydroxylation is 1. The molecule has 2 N–H and O–H groups in total. The predicted molar refractivity (Wildman–Crippen MR) is 88.9 cm³/mol. The topological polar surface area (TPSA) is 44.4 Å². The third-order valence-electron chi connectivity index (χ3n) is 4.15. The Labute approximate surface area is 127 Å². The van der Waals surface area contributed by atoms with Crippen LogP contribution in [0.5, 0.6) is 0 Å². The van der Waals surface area contributed by atoms with Crippen molar-refractivity contribution >= 4 is 17.3 Å². The van der Waals surface area contributed by atoms with Crippen molar-refractivity contribution in [2.75, 3.05) is 30.8 Å². The van der Waals surface area contributed by atoms with E-state index in [1.165, 1.54) is 31.4 Å². The van der Waals surface area contributed by atoms with Crippen molar-refractivity contribution in [3.8, 4) is 0 Å². The molecule has 21 heavy (non-hydrogen) atoms. The lowest BCUT2D eigenvalue weighted by Crippen LogP contribution is -2.23. The highest BCUT2D eigenvalue weighted by Crippen LogP contribution is 2.23. The number of hydrogen-bond acceptors (Lipinski definition) is 3. The van der Waals surface area contributed by atoms with Gasteiger partial charge in [0, 0.05) is 23.8 Å². The predicted octanol–water partition coefficient (Wildman–Crippen LogP) is 3.24. The number of likely N-dealkylation sites (tertiary alicyclic amines) is 1. The maximum Gasteiger partial charge on any atom is 0.224 e. The molecule has 4 heteroatoms. The minimum Gasteiger partial charge on any atom is -0.382 e. The molecule has 116 valence electrons. The number of hydrogen-bond donors (Lipinski definition) is 2. The zero-order valence-electron chi connectivity index (χ0n) is 13.4. The highest BCUT2D eigenvalue weighted by molar-refractivity contribution is 5.91. The lowest BCUT2D eigenvalue weighted by atomic mass is 10.1. The Morgan fingerprint density at radius 1 is 1.33 bits per heavy atom. The second-order valence-corrected chi connectivity index (χ2v) is 6.01. The minimum atomic E-state index is 0.0564. The third-order valence-corrected chi connectivity index (χ3v) is 4.15. The molecule has 1 unspecified atom stereocenters. The molecular formula is C17H27N3O. The molecule has 1 aliphatic rings. The van der Waals surface area contributed by atoms with E-state index in [1.54, 1.807) is 0 Å². The quantitative estimate of drug-likeness (QED) is 0.894. The summed E-state index contributed by atoms with van der Waals surface area (Å²) < 4.78 is 0. The number of rotatable bonds is 4. The minimum absolute atomic E-state index is 0.0564. The van der Waals surface area contributed by atoms with Crippen molar-refractivity contribution in [3.05, 3.63) is 23.8 Å². The van der Waals surface area contributed by atoms with Crippen molar-refractivity contribution < 1.29 is 4.79 Å². The summed E-state index contributed by atoms with van der Waals surface area (Å²) in [5.41, 5.74) is 3.24. The van der Waals surface area contributed by atoms with Gasteiger partial charge >= 0.3 is 0 Å². The number of anilines is 2. The van der Waals surface area contributed by atoms with E-state index < -0.39 is 0 Å². The molecule has 1 aromatic rings. The Morgan fingerprint density at radius 3 is 2.90 bits per heavy atom. The summed E-state index contributed by atoms with van der Waals surface area (Å²) >= 11 is 0. The van der Waals surface area contributed by atoms with Gasteiger partial charge in [0.15, 0.2) is 0 Å². The smallest absolute Gasteiger partial charge is 0.224 e. The zero-order chi connectivity index (χ0) is 15.2. The molecular weight excluding hydrogens is 262 g/mol. The summed E-state index contributed by atoms with van der Waals surface area (Å²) in [5, 5.41) is 6.59. The second kappa shape index (κ2) is 7.46. The van der Waals surface area contributed by atoms with Gasteiger partial charge < -0.3 is 15.5 Å². The summed E-state index contributed by atoms with van der Waals surface area (Å²) in [4.78, 5) is 13.9. The molecule has 0 bridgehead atoms. The molecule has 1 heterocycles. The molecule has 0 spiro atoms. The molecule has 0 radical (unpaired) electrons. The number of benzene rings is 1. The summed E-state index contributed by atoms with van der Waals surface area (Å²) in [6, 6.07) is 6.61. The van der Waals surface area contributed by atoms with Crippen LogP contribution in [0, 0.1) is 6.92 Å². The number of amides is 1. The van der Waals surface area contributed by atoms with Gasteiger partial charge in [-0.05, 0) is 64.0 Å². The molecule has 1 atom stereocenters. The van der Waals surface area contributed by atoms with Gasteiger partial charge in [0.1, 0.15) is 0 Å². The van der Waals surface area contributed by atoms with Gasteiger partial charge in [-0.2, -0.15) is 0 Å². The zero-order valence-corrected chi connectivity index (χ0v) is 13.4. The highest BCUT2D eigenvalue weighted by atomic mass is 16.1. The lowest BCUT2D eigenvalue weighted by Gasteiger charge is -2.20. The molecule has 1 saturated heterocycles. The van der Waals surface area contributed by atoms with Crippen LogP contribution < -0.4 is 10.6 Å². The number of nitrogens with one attached hydrogen (secondary N) is 2. The molecule has 0 aliphatic carbocycles. The van der Waals surface area contributed by atoms with E-state index >= 15 is 0 Å². The second-order valence-electron chi connectivity index (χ2n) is 6.01. The lowest BCUT2D eigenvalue weighted by molar-refractivity contribution is -0.115. The van der Waals surface area contributed by atoms with Crippen LogP contribution in [0.15, 0.2) is 18.2 Å². The van der Waals surface area contributed by atoms with Crippen molar-refractivity contribution in [2.24, 2.45) is 0 Å². The summed E-state index contributed by atoms with van der Waals surface area (Å²) in [7, 11) is 2.19. The maximum absolute atomic E-state index is 11.5. The fourth-order valence-electron chi connectivity index (χ4n) is 2.71. The number of carbonyl (C=O) groups excluding carboxylic acids is 1. The SMILES string of the molecule is CCC(=O)Nc1ccc(C)c(NC2CCCN(C)CC2)c1. The monoisotopic (exact) mass is 289 g/mol. The van der Waals surface area contributed by atoms with E-state index in [1.807, 2.05) is 13.0 Å². The van der Waals surface area contributed by atoms with Gasteiger partial charge in [-0.25, -0.2) is 0 Å². The Bertz CT molecular complexity index is 487. The fourth-order valence-corrected chi connectivity index (χ4v) is 2.71. The number of nitrogens with zero attached hydrogens (tertiary/aromatic N) is 1. The summed E-state index contributed by atoms with van der Waals surface area (Å²) in [6.45, 7) is 6.30. The fraction of sp³-hybridized carbons (Fsp3) is 0.588. The first kappa shape index (κ1) is 15.8. The molecule has 0 saturated carbocycles. The summed E-state index contributed by atoms with van der Waals surface area (Å²) in [5.74, 6) is 0.0564. The van der Waals surface area contributed by atoms with E-state index in [0.29, 0.717) is 12.5 Å². The van der Waals surface area contributed by atoms with Crippen LogP contribution in [0.25, 0.3) is 0 Å². The highest BCUT2D eigenvalue weighted by Gasteiger charge is 2.15. The Hall–Kier alpha value is -1.55. The molecule has 1 aliphatic heterocycles. The van der Waals surface area contributed by atoms with Gasteiger partial charge in [-0.1, -0.05) is 13.0 Å². The first-order valence-corrected chi connectivity index (χ1v) is 7.94. The molecule has 2 rings (SSSR count). The average Bonchev–Trinajstić information content (AvgIpc) is 2.67. The van der Waals surface area contributed by atoms with E-state index in [0.717, 1.165) is 17.9 Å². The van der Waals surface area contributed by atoms with E-state index in [-0.39, 0.29) is 5.91 Å². The molecule has 1 aromatic carbocycles. The van der Waals surface area contributed by atoms with Crippen molar-refractivity contribution in [1.82, 2.24) is 4.90 Å². The van der Waals surface area contributed by atoms with Crippen molar-refractivity contribution in [2.45, 2.75) is 45.6 Å². The van der Waals surface area contributed by atoms with Crippen LogP contribution in [0.2, 0.25) is 0 Å². The van der Waals surface area contributed by atoms with Crippen LogP contribution in [-0.2, 0) is 4.79 Å². The van der Waals surface area contributed by atoms with Crippen LogP contribution in [0.3, 0.4) is 0 Å². The standard InChI is InChI=1S/C17H27N3O/c1-4-17(21)19-15-8-7-13(2)16(12-15)18-14-6-5-10-20(3)11-9-14/h7-8,12,14,18H,4-6,9-11H2,1-3H3,(H,19,21). The summed E-state index contributed by atoms with van der Waals surface area (Å²) in [6.07, 6.45) is 4.11. The van der Waals surface area contributed by atoms with E-state index in [2.05, 4.69) is 41.6 Å². The normalized spacial score (nSPS) is 19.9. The molecule has 1 fully saturated rings. The van der Waals surface area contributed by atoms with Gasteiger partial charge in [-0.15, -0.1) is 0 Å². The molecule has 1 amide bonds. The Kier molecular flexibility index (Phi) is 5.62. The van der Waals surface area contributed by atoms with Gasteiger partial charge in [-0.3, -0.25) is 4.79 Å².